The van der Waals surface area contributed by atoms with Crippen LogP contribution in [0.4, 0.5) is 19.3 Å². The smallest absolute Gasteiger partial charge is 0.387 e. The Morgan fingerprint density at radius 3 is 2.44 bits per heavy atom. The molecule has 0 saturated carbocycles. The molecule has 1 aliphatic rings. The first-order chi connectivity index (χ1) is 12.7. The number of ether oxygens (including phenoxy) is 1. The number of imide groups is 1. The number of anilines is 1. The molecule has 0 N–H and O–H groups in total. The van der Waals surface area contributed by atoms with Crippen LogP contribution >= 0.6 is 15.9 Å². The summed E-state index contributed by atoms with van der Waals surface area (Å²) >= 11 is 3.23. The number of benzene rings is 1. The summed E-state index contributed by atoms with van der Waals surface area (Å²) in [6.45, 7) is 0.598. The Kier molecular flexibility index (Phi) is 5.14. The van der Waals surface area contributed by atoms with Crippen LogP contribution in [0.2, 0.25) is 0 Å². The zero-order chi connectivity index (χ0) is 19.8. The van der Waals surface area contributed by atoms with E-state index in [1.54, 1.807) is 38.4 Å². The van der Waals surface area contributed by atoms with Crippen LogP contribution in [0, 0.1) is 0 Å². The van der Waals surface area contributed by atoms with Gasteiger partial charge in [-0.2, -0.15) is 8.78 Å². The monoisotopic (exact) mass is 439 g/mol. The zero-order valence-corrected chi connectivity index (χ0v) is 16.1. The molecule has 0 atom stereocenters. The lowest BCUT2D eigenvalue weighted by molar-refractivity contribution is -0.123. The number of hydrogen-bond acceptors (Lipinski definition) is 4. The summed E-state index contributed by atoms with van der Waals surface area (Å²) < 4.78 is 29.4. The number of carbonyl (C=O) groups is 2. The van der Waals surface area contributed by atoms with E-state index in [4.69, 9.17) is 0 Å². The first-order valence-electron chi connectivity index (χ1n) is 8.01. The zero-order valence-electron chi connectivity index (χ0n) is 14.5. The van der Waals surface area contributed by atoms with Gasteiger partial charge in [0.1, 0.15) is 11.3 Å². The summed E-state index contributed by atoms with van der Waals surface area (Å²) in [5.41, 5.74) is 0.0236. The molecule has 0 aliphatic carbocycles. The van der Waals surface area contributed by atoms with Gasteiger partial charge in [0.05, 0.1) is 5.69 Å². The van der Waals surface area contributed by atoms with Crippen LogP contribution in [0.15, 0.2) is 47.2 Å². The third-order valence-corrected chi connectivity index (χ3v) is 4.93. The van der Waals surface area contributed by atoms with Crippen LogP contribution in [0.1, 0.15) is 19.4 Å². The summed E-state index contributed by atoms with van der Waals surface area (Å²) in [5, 5.41) is 0. The maximum absolute atomic E-state index is 13.0. The van der Waals surface area contributed by atoms with Crippen molar-refractivity contribution in [2.24, 2.45) is 0 Å². The van der Waals surface area contributed by atoms with E-state index in [0.29, 0.717) is 4.47 Å². The lowest BCUT2D eigenvalue weighted by atomic mass is 10.0. The molecular weight excluding hydrogens is 424 g/mol. The van der Waals surface area contributed by atoms with Gasteiger partial charge in [0.2, 0.25) is 0 Å². The number of amides is 3. The number of aromatic nitrogens is 1. The van der Waals surface area contributed by atoms with Crippen molar-refractivity contribution in [3.63, 3.8) is 0 Å². The van der Waals surface area contributed by atoms with Crippen LogP contribution in [-0.2, 0) is 11.3 Å². The van der Waals surface area contributed by atoms with Crippen molar-refractivity contribution in [1.29, 1.82) is 0 Å². The molecule has 2 heterocycles. The molecule has 3 rings (SSSR count). The number of rotatable bonds is 5. The van der Waals surface area contributed by atoms with Crippen LogP contribution in [0.5, 0.6) is 5.75 Å². The van der Waals surface area contributed by atoms with Crippen molar-refractivity contribution in [2.45, 2.75) is 32.5 Å². The molecule has 1 aliphatic heterocycles. The highest BCUT2D eigenvalue weighted by Crippen LogP contribution is 2.38. The Balaban J connectivity index is 1.93. The molecular formula is C18H16BrF2N3O3. The average molecular weight is 440 g/mol. The maximum Gasteiger partial charge on any atom is 0.387 e. The highest BCUT2D eigenvalue weighted by Gasteiger charge is 2.52. The number of pyridine rings is 1. The Morgan fingerprint density at radius 2 is 1.85 bits per heavy atom. The molecule has 1 fully saturated rings. The molecule has 2 aromatic rings. The number of alkyl halides is 2. The molecule has 1 aromatic heterocycles. The van der Waals surface area contributed by atoms with E-state index in [9.17, 15) is 18.4 Å². The first kappa shape index (κ1) is 19.2. The molecule has 1 saturated heterocycles. The molecule has 3 amide bonds. The average Bonchev–Trinajstić information content (AvgIpc) is 2.76. The molecule has 27 heavy (non-hydrogen) atoms. The van der Waals surface area contributed by atoms with Crippen LogP contribution in [-0.4, -0.2) is 34.0 Å². The van der Waals surface area contributed by atoms with Crippen molar-refractivity contribution in [3.05, 3.63) is 52.8 Å². The van der Waals surface area contributed by atoms with Crippen LogP contribution in [0.3, 0.4) is 0 Å². The van der Waals surface area contributed by atoms with Gasteiger partial charge in [0.15, 0.2) is 0 Å². The van der Waals surface area contributed by atoms with Gasteiger partial charge in [-0.1, -0.05) is 0 Å². The van der Waals surface area contributed by atoms with Gasteiger partial charge in [-0.3, -0.25) is 9.78 Å². The van der Waals surface area contributed by atoms with E-state index in [-0.39, 0.29) is 18.0 Å². The van der Waals surface area contributed by atoms with E-state index in [1.807, 2.05) is 0 Å². The van der Waals surface area contributed by atoms with Gasteiger partial charge in [0.25, 0.3) is 5.91 Å². The number of hydrogen-bond donors (Lipinski definition) is 0. The molecule has 6 nitrogen and oxygen atoms in total. The second-order valence-corrected chi connectivity index (χ2v) is 7.27. The Bertz CT molecular complexity index is 877. The van der Waals surface area contributed by atoms with E-state index >= 15 is 0 Å². The van der Waals surface area contributed by atoms with Gasteiger partial charge in [0, 0.05) is 23.4 Å². The minimum atomic E-state index is -2.97. The Morgan fingerprint density at radius 1 is 1.19 bits per heavy atom. The van der Waals surface area contributed by atoms with E-state index in [2.05, 4.69) is 25.7 Å². The molecule has 9 heteroatoms. The molecule has 0 bridgehead atoms. The third kappa shape index (κ3) is 3.64. The lowest BCUT2D eigenvalue weighted by Crippen LogP contribution is -2.43. The third-order valence-electron chi connectivity index (χ3n) is 4.30. The SMILES string of the molecule is CC1(C)C(=O)N(c2ccc(OC(F)F)cc2Br)C(=O)N1Cc1ccncc1. The van der Waals surface area contributed by atoms with Crippen molar-refractivity contribution in [2.75, 3.05) is 4.90 Å². The second-order valence-electron chi connectivity index (χ2n) is 6.42. The number of carbonyl (C=O) groups excluding carboxylic acids is 2. The maximum atomic E-state index is 13.0. The van der Waals surface area contributed by atoms with Crippen molar-refractivity contribution >= 4 is 33.6 Å². The quantitative estimate of drug-likeness (QED) is 0.655. The highest BCUT2D eigenvalue weighted by atomic mass is 79.9. The summed E-state index contributed by atoms with van der Waals surface area (Å²) in [6.07, 6.45) is 3.22. The van der Waals surface area contributed by atoms with Crippen molar-refractivity contribution in [1.82, 2.24) is 9.88 Å². The Labute approximate surface area is 162 Å². The fourth-order valence-corrected chi connectivity index (χ4v) is 3.36. The topological polar surface area (TPSA) is 62.7 Å². The predicted molar refractivity (Wildman–Crippen MR) is 97.5 cm³/mol. The summed E-state index contributed by atoms with van der Waals surface area (Å²) in [4.78, 5) is 32.4. The summed E-state index contributed by atoms with van der Waals surface area (Å²) in [7, 11) is 0. The van der Waals surface area contributed by atoms with Gasteiger partial charge < -0.3 is 9.64 Å². The lowest BCUT2D eigenvalue weighted by Gasteiger charge is -2.27. The number of halogens is 3. The number of nitrogens with zero attached hydrogens (tertiary/aromatic N) is 3. The van der Waals surface area contributed by atoms with Crippen molar-refractivity contribution < 1.29 is 23.1 Å². The summed E-state index contributed by atoms with van der Waals surface area (Å²) in [6, 6.07) is 7.01. The van der Waals surface area contributed by atoms with Crippen LogP contribution in [0.25, 0.3) is 0 Å². The van der Waals surface area contributed by atoms with Gasteiger partial charge in [-0.05, 0) is 65.7 Å². The fraction of sp³-hybridized carbons (Fsp3) is 0.278. The van der Waals surface area contributed by atoms with Gasteiger partial charge in [-0.15, -0.1) is 0 Å². The highest BCUT2D eigenvalue weighted by molar-refractivity contribution is 9.10. The molecule has 0 unspecified atom stereocenters. The summed E-state index contributed by atoms with van der Waals surface area (Å²) in [5.74, 6) is -0.489. The molecule has 0 radical (unpaired) electrons. The molecule has 142 valence electrons. The van der Waals surface area contributed by atoms with E-state index in [0.717, 1.165) is 10.5 Å². The minimum Gasteiger partial charge on any atom is -0.435 e. The fourth-order valence-electron chi connectivity index (χ4n) is 2.83. The second kappa shape index (κ2) is 7.22. The van der Waals surface area contributed by atoms with E-state index in [1.165, 1.54) is 23.1 Å². The van der Waals surface area contributed by atoms with Gasteiger partial charge in [-0.25, -0.2) is 9.69 Å². The largest absolute Gasteiger partial charge is 0.435 e. The minimum absolute atomic E-state index is 0.0763. The first-order valence-corrected chi connectivity index (χ1v) is 8.80. The molecule has 1 aromatic carbocycles. The molecule has 0 spiro atoms. The number of urea groups is 1. The predicted octanol–water partition coefficient (Wildman–Crippen LogP) is 4.19. The van der Waals surface area contributed by atoms with Crippen LogP contribution < -0.4 is 9.64 Å². The Hall–Kier alpha value is -2.55. The standard InChI is InChI=1S/C18H16BrF2N3O3/c1-18(2)15(25)24(14-4-3-12(9-13(14)19)27-16(20)21)17(26)23(18)10-11-5-7-22-8-6-11/h3-9,16H,10H2,1-2H3. The van der Waals surface area contributed by atoms with Gasteiger partial charge >= 0.3 is 12.6 Å². The van der Waals surface area contributed by atoms with E-state index < -0.39 is 24.1 Å². The van der Waals surface area contributed by atoms with Crippen molar-refractivity contribution in [3.8, 4) is 5.75 Å². The normalized spacial score (nSPS) is 16.4.